The van der Waals surface area contributed by atoms with Gasteiger partial charge in [-0.2, -0.15) is 0 Å². The highest BCUT2D eigenvalue weighted by Gasteiger charge is 2.72. The molecule has 3 rings (SSSR count). The minimum Gasteiger partial charge on any atom is -0.323 e. The van der Waals surface area contributed by atoms with Gasteiger partial charge in [0.25, 0.3) is 0 Å². The fourth-order valence-corrected chi connectivity index (χ4v) is 4.17. The highest BCUT2D eigenvalue weighted by Crippen LogP contribution is 2.70. The molecule has 2 saturated carbocycles. The number of halogens is 1. The van der Waals surface area contributed by atoms with Crippen LogP contribution in [0.3, 0.4) is 0 Å². The third-order valence-corrected chi connectivity index (χ3v) is 6.26. The second-order valence-electron chi connectivity index (χ2n) is 7.07. The summed E-state index contributed by atoms with van der Waals surface area (Å²) in [7, 11) is 0. The molecular weight excluding hydrogens is 269 g/mol. The van der Waals surface area contributed by atoms with Gasteiger partial charge in [0.05, 0.1) is 11.1 Å². The van der Waals surface area contributed by atoms with Crippen LogP contribution in [0, 0.1) is 22.1 Å². The molecule has 0 aromatic heterocycles. The molecule has 0 aliphatic heterocycles. The quantitative estimate of drug-likeness (QED) is 0.905. The summed E-state index contributed by atoms with van der Waals surface area (Å²) in [6.07, 6.45) is 1.67. The van der Waals surface area contributed by atoms with E-state index in [-0.39, 0.29) is 23.8 Å². The van der Waals surface area contributed by atoms with Crippen molar-refractivity contribution in [2.75, 3.05) is 5.32 Å². The van der Waals surface area contributed by atoms with Crippen LogP contribution in [0.2, 0.25) is 0 Å². The Morgan fingerprint density at radius 1 is 1.19 bits per heavy atom. The zero-order chi connectivity index (χ0) is 15.5. The van der Waals surface area contributed by atoms with Crippen LogP contribution in [0.5, 0.6) is 0 Å². The molecule has 2 fully saturated rings. The Hall–Kier alpha value is -1.71. The van der Waals surface area contributed by atoms with Gasteiger partial charge in [-0.15, -0.1) is 0 Å². The summed E-state index contributed by atoms with van der Waals surface area (Å²) in [4.78, 5) is 25.2. The van der Waals surface area contributed by atoms with Crippen molar-refractivity contribution in [2.45, 2.75) is 40.0 Å². The summed E-state index contributed by atoms with van der Waals surface area (Å²) in [5, 5.41) is 2.70. The van der Waals surface area contributed by atoms with E-state index in [9.17, 15) is 14.0 Å². The molecule has 2 atom stereocenters. The van der Waals surface area contributed by atoms with Crippen LogP contribution in [0.1, 0.15) is 40.0 Å². The summed E-state index contributed by atoms with van der Waals surface area (Å²) in [5.74, 6) is -0.528. The molecule has 2 bridgehead atoms. The van der Waals surface area contributed by atoms with E-state index in [1.807, 2.05) is 20.8 Å². The van der Waals surface area contributed by atoms with Crippen molar-refractivity contribution in [3.8, 4) is 0 Å². The monoisotopic (exact) mass is 289 g/mol. The van der Waals surface area contributed by atoms with Crippen LogP contribution in [-0.4, -0.2) is 11.7 Å². The van der Waals surface area contributed by atoms with Crippen molar-refractivity contribution in [1.29, 1.82) is 0 Å². The van der Waals surface area contributed by atoms with Crippen LogP contribution in [0.4, 0.5) is 10.1 Å². The van der Waals surface area contributed by atoms with E-state index in [0.29, 0.717) is 6.42 Å². The first-order valence-electron chi connectivity index (χ1n) is 7.34. The lowest BCUT2D eigenvalue weighted by Crippen LogP contribution is -2.43. The van der Waals surface area contributed by atoms with E-state index in [0.717, 1.165) is 6.42 Å². The van der Waals surface area contributed by atoms with Gasteiger partial charge in [-0.3, -0.25) is 9.59 Å². The number of Topliss-reactive ketones (excluding diaryl/α,β-unsaturated/α-hetero) is 1. The summed E-state index contributed by atoms with van der Waals surface area (Å²) in [5.41, 5.74) is -1.40. The fourth-order valence-electron chi connectivity index (χ4n) is 4.17. The number of amides is 1. The molecule has 1 amide bonds. The molecule has 0 spiro atoms. The number of hydrogen-bond acceptors (Lipinski definition) is 2. The molecule has 3 nitrogen and oxygen atoms in total. The van der Waals surface area contributed by atoms with Gasteiger partial charge in [0, 0.05) is 11.8 Å². The van der Waals surface area contributed by atoms with E-state index in [1.54, 1.807) is 18.2 Å². The van der Waals surface area contributed by atoms with E-state index < -0.39 is 22.1 Å². The second kappa shape index (κ2) is 4.15. The number of carbonyl (C=O) groups excluding carboxylic acids is 2. The maximum atomic E-state index is 13.7. The minimum absolute atomic E-state index is 0.155. The third-order valence-electron chi connectivity index (χ3n) is 6.26. The zero-order valence-electron chi connectivity index (χ0n) is 12.6. The predicted octanol–water partition coefficient (Wildman–Crippen LogP) is 3.55. The molecule has 1 aromatic carbocycles. The van der Waals surface area contributed by atoms with Crippen LogP contribution in [0.15, 0.2) is 24.3 Å². The first-order chi connectivity index (χ1) is 9.74. The van der Waals surface area contributed by atoms with Crippen molar-refractivity contribution in [3.63, 3.8) is 0 Å². The molecule has 0 heterocycles. The van der Waals surface area contributed by atoms with E-state index in [2.05, 4.69) is 5.32 Å². The van der Waals surface area contributed by atoms with Crippen LogP contribution in [0.25, 0.3) is 0 Å². The predicted molar refractivity (Wildman–Crippen MR) is 78.2 cm³/mol. The van der Waals surface area contributed by atoms with Gasteiger partial charge >= 0.3 is 0 Å². The smallest absolute Gasteiger partial charge is 0.231 e. The molecule has 2 aliphatic rings. The number of rotatable bonds is 2. The summed E-state index contributed by atoms with van der Waals surface area (Å²) < 4.78 is 13.7. The Balaban J connectivity index is 1.96. The summed E-state index contributed by atoms with van der Waals surface area (Å²) in [6, 6.07) is 6.12. The Kier molecular flexibility index (Phi) is 2.81. The fraction of sp³-hybridized carbons (Fsp3) is 0.529. The summed E-state index contributed by atoms with van der Waals surface area (Å²) >= 11 is 0. The van der Waals surface area contributed by atoms with Gasteiger partial charge in [0.15, 0.2) is 0 Å². The Labute approximate surface area is 123 Å². The van der Waals surface area contributed by atoms with Crippen LogP contribution >= 0.6 is 0 Å². The van der Waals surface area contributed by atoms with Crippen molar-refractivity contribution in [3.05, 3.63) is 30.1 Å². The number of para-hydroxylation sites is 1. The average Bonchev–Trinajstić information content (AvgIpc) is 2.72. The maximum absolute atomic E-state index is 13.7. The molecular formula is C17H20FNO2. The number of benzene rings is 1. The highest BCUT2D eigenvalue weighted by molar-refractivity contribution is 6.04. The molecule has 4 heteroatoms. The van der Waals surface area contributed by atoms with E-state index in [1.165, 1.54) is 6.07 Å². The van der Waals surface area contributed by atoms with Crippen molar-refractivity contribution in [2.24, 2.45) is 16.2 Å². The molecule has 2 aliphatic carbocycles. The molecule has 112 valence electrons. The second-order valence-corrected chi connectivity index (χ2v) is 7.07. The SMILES string of the molecule is CC1(C)[C@@]2(C(=O)Nc3ccccc3F)CC[C@@]1(C)C(=O)C2. The lowest BCUT2D eigenvalue weighted by atomic mass is 9.64. The Morgan fingerprint density at radius 3 is 2.38 bits per heavy atom. The van der Waals surface area contributed by atoms with Gasteiger partial charge in [0.1, 0.15) is 11.6 Å². The average molecular weight is 289 g/mol. The van der Waals surface area contributed by atoms with Crippen molar-refractivity contribution < 1.29 is 14.0 Å². The molecule has 0 unspecified atom stereocenters. The third kappa shape index (κ3) is 1.59. The molecule has 1 N–H and O–H groups in total. The number of fused-ring (bicyclic) bond motifs is 2. The molecule has 0 radical (unpaired) electrons. The molecule has 1 aromatic rings. The normalized spacial score (nSPS) is 33.2. The van der Waals surface area contributed by atoms with Crippen molar-refractivity contribution >= 4 is 17.4 Å². The van der Waals surface area contributed by atoms with Gasteiger partial charge < -0.3 is 5.32 Å². The van der Waals surface area contributed by atoms with E-state index in [4.69, 9.17) is 0 Å². The first kappa shape index (κ1) is 14.2. The Morgan fingerprint density at radius 2 is 1.86 bits per heavy atom. The number of ketones is 1. The lowest BCUT2D eigenvalue weighted by Gasteiger charge is -2.38. The number of nitrogens with one attached hydrogen (secondary N) is 1. The molecule has 0 saturated heterocycles. The standard InChI is InChI=1S/C17H20FNO2/c1-15(2)16(3)8-9-17(15,10-13(16)20)14(21)19-12-7-5-4-6-11(12)18/h4-7H,8-10H2,1-3H3,(H,19,21)/t16-,17-/m0/s1. The van der Waals surface area contributed by atoms with Crippen LogP contribution < -0.4 is 5.32 Å². The Bertz CT molecular complexity index is 639. The number of carbonyl (C=O) groups is 2. The van der Waals surface area contributed by atoms with E-state index >= 15 is 0 Å². The minimum atomic E-state index is -0.721. The topological polar surface area (TPSA) is 46.2 Å². The van der Waals surface area contributed by atoms with Gasteiger partial charge in [-0.05, 0) is 30.4 Å². The van der Waals surface area contributed by atoms with Crippen molar-refractivity contribution in [1.82, 2.24) is 0 Å². The largest absolute Gasteiger partial charge is 0.323 e. The number of anilines is 1. The molecule has 21 heavy (non-hydrogen) atoms. The van der Waals surface area contributed by atoms with Gasteiger partial charge in [-0.1, -0.05) is 32.9 Å². The lowest BCUT2D eigenvalue weighted by molar-refractivity contribution is -0.131. The van der Waals surface area contributed by atoms with Gasteiger partial charge in [0.2, 0.25) is 5.91 Å². The number of hydrogen-bond donors (Lipinski definition) is 1. The maximum Gasteiger partial charge on any atom is 0.231 e. The highest BCUT2D eigenvalue weighted by atomic mass is 19.1. The zero-order valence-corrected chi connectivity index (χ0v) is 12.6. The van der Waals surface area contributed by atoms with Crippen LogP contribution in [-0.2, 0) is 9.59 Å². The summed E-state index contributed by atoms with van der Waals surface area (Å²) in [6.45, 7) is 5.94. The van der Waals surface area contributed by atoms with Gasteiger partial charge in [-0.25, -0.2) is 4.39 Å². The first-order valence-corrected chi connectivity index (χ1v) is 7.34.